The molecule has 0 aliphatic carbocycles. The third kappa shape index (κ3) is 4.88. The molecule has 1 amide bonds. The summed E-state index contributed by atoms with van der Waals surface area (Å²) in [6, 6.07) is 16.4. The number of sulfonamides is 1. The van der Waals surface area contributed by atoms with Gasteiger partial charge in [0.15, 0.2) is 0 Å². The molecule has 1 aliphatic rings. The molecule has 0 bridgehead atoms. The summed E-state index contributed by atoms with van der Waals surface area (Å²) in [4.78, 5) is 12.2. The van der Waals surface area contributed by atoms with Crippen LogP contribution >= 0.6 is 0 Å². The minimum atomic E-state index is -3.53. The molecule has 3 rings (SSSR count). The number of piperidine rings is 1. The Balaban J connectivity index is 1.60. The minimum Gasteiger partial charge on any atom is -0.349 e. The molecular weight excluding hydrogens is 372 g/mol. The molecule has 6 heteroatoms. The van der Waals surface area contributed by atoms with Crippen LogP contribution in [0.15, 0.2) is 72.1 Å². The summed E-state index contributed by atoms with van der Waals surface area (Å²) >= 11 is 0. The lowest BCUT2D eigenvalue weighted by Gasteiger charge is -2.31. The molecule has 1 N–H and O–H groups in total. The van der Waals surface area contributed by atoms with Crippen LogP contribution in [-0.2, 0) is 16.4 Å². The van der Waals surface area contributed by atoms with Crippen molar-refractivity contribution in [2.45, 2.75) is 24.2 Å². The van der Waals surface area contributed by atoms with Crippen LogP contribution in [0.2, 0.25) is 0 Å². The maximum atomic E-state index is 12.9. The van der Waals surface area contributed by atoms with Crippen molar-refractivity contribution in [1.29, 1.82) is 0 Å². The van der Waals surface area contributed by atoms with Crippen molar-refractivity contribution in [3.05, 3.63) is 78.4 Å². The first-order valence-corrected chi connectivity index (χ1v) is 11.0. The number of rotatable bonds is 7. The molecule has 0 atom stereocenters. The maximum absolute atomic E-state index is 12.9. The number of hydrogen-bond acceptors (Lipinski definition) is 3. The van der Waals surface area contributed by atoms with Crippen LogP contribution in [0.25, 0.3) is 0 Å². The fourth-order valence-electron chi connectivity index (χ4n) is 3.50. The van der Waals surface area contributed by atoms with E-state index >= 15 is 0 Å². The van der Waals surface area contributed by atoms with E-state index in [9.17, 15) is 13.2 Å². The monoisotopic (exact) mass is 398 g/mol. The Labute approximate surface area is 167 Å². The van der Waals surface area contributed by atoms with Crippen LogP contribution in [0.1, 0.15) is 28.8 Å². The smallest absolute Gasteiger partial charge is 0.251 e. The van der Waals surface area contributed by atoms with E-state index < -0.39 is 10.0 Å². The molecule has 2 aromatic rings. The first kappa shape index (κ1) is 20.3. The topological polar surface area (TPSA) is 66.5 Å². The zero-order valence-corrected chi connectivity index (χ0v) is 16.7. The summed E-state index contributed by atoms with van der Waals surface area (Å²) in [6.45, 7) is 4.98. The SMILES string of the molecule is C=CCNC(=O)c1ccc(S(=O)(=O)N2CCC(Cc3ccccc3)CC2)cc1. The first-order valence-electron chi connectivity index (χ1n) is 9.54. The summed E-state index contributed by atoms with van der Waals surface area (Å²) in [5.41, 5.74) is 1.73. The van der Waals surface area contributed by atoms with E-state index in [1.54, 1.807) is 22.5 Å². The zero-order valence-electron chi connectivity index (χ0n) is 15.9. The van der Waals surface area contributed by atoms with Crippen LogP contribution in [-0.4, -0.2) is 38.3 Å². The van der Waals surface area contributed by atoms with Crippen molar-refractivity contribution in [2.24, 2.45) is 5.92 Å². The van der Waals surface area contributed by atoms with Crippen molar-refractivity contribution in [3.63, 3.8) is 0 Å². The second-order valence-electron chi connectivity index (χ2n) is 7.06. The average molecular weight is 399 g/mol. The van der Waals surface area contributed by atoms with Crippen LogP contribution < -0.4 is 5.32 Å². The summed E-state index contributed by atoms with van der Waals surface area (Å²) in [5, 5.41) is 2.68. The molecule has 0 unspecified atom stereocenters. The molecule has 0 aromatic heterocycles. The Morgan fingerprint density at radius 2 is 1.71 bits per heavy atom. The Morgan fingerprint density at radius 3 is 2.32 bits per heavy atom. The van der Waals surface area contributed by atoms with Crippen LogP contribution in [0.5, 0.6) is 0 Å². The molecule has 1 aliphatic heterocycles. The number of nitrogens with zero attached hydrogens (tertiary/aromatic N) is 1. The van der Waals surface area contributed by atoms with Gasteiger partial charge in [-0.1, -0.05) is 36.4 Å². The van der Waals surface area contributed by atoms with Gasteiger partial charge in [0.05, 0.1) is 4.90 Å². The number of carbonyl (C=O) groups is 1. The van der Waals surface area contributed by atoms with Gasteiger partial charge in [0.25, 0.3) is 5.91 Å². The van der Waals surface area contributed by atoms with Gasteiger partial charge in [-0.3, -0.25) is 4.79 Å². The van der Waals surface area contributed by atoms with E-state index in [-0.39, 0.29) is 10.8 Å². The Bertz CT molecular complexity index is 901. The molecule has 0 radical (unpaired) electrons. The average Bonchev–Trinajstić information content (AvgIpc) is 2.73. The molecule has 0 spiro atoms. The highest BCUT2D eigenvalue weighted by atomic mass is 32.2. The molecule has 0 saturated carbocycles. The molecule has 5 nitrogen and oxygen atoms in total. The lowest BCUT2D eigenvalue weighted by atomic mass is 9.91. The Hall–Kier alpha value is -2.44. The zero-order chi connectivity index (χ0) is 20.0. The van der Waals surface area contributed by atoms with Gasteiger partial charge in [0, 0.05) is 25.2 Å². The van der Waals surface area contributed by atoms with E-state index in [4.69, 9.17) is 0 Å². The number of carbonyl (C=O) groups excluding carboxylic acids is 1. The normalized spacial score (nSPS) is 15.9. The predicted molar refractivity (Wildman–Crippen MR) is 111 cm³/mol. The van der Waals surface area contributed by atoms with Crippen LogP contribution in [0.3, 0.4) is 0 Å². The minimum absolute atomic E-state index is 0.231. The van der Waals surface area contributed by atoms with Crippen LogP contribution in [0, 0.1) is 5.92 Å². The molecule has 28 heavy (non-hydrogen) atoms. The van der Waals surface area contributed by atoms with Gasteiger partial charge in [-0.2, -0.15) is 4.31 Å². The largest absolute Gasteiger partial charge is 0.349 e. The third-order valence-corrected chi connectivity index (χ3v) is 7.01. The molecule has 1 fully saturated rings. The standard InChI is InChI=1S/C22H26N2O3S/c1-2-14-23-22(25)20-8-10-21(11-9-20)28(26,27)24-15-12-19(13-16-24)17-18-6-4-3-5-7-18/h2-11,19H,1,12-17H2,(H,23,25). The fourth-order valence-corrected chi connectivity index (χ4v) is 4.97. The maximum Gasteiger partial charge on any atom is 0.251 e. The first-order chi connectivity index (χ1) is 13.5. The van der Waals surface area contributed by atoms with Crippen molar-refractivity contribution >= 4 is 15.9 Å². The highest BCUT2D eigenvalue weighted by molar-refractivity contribution is 7.89. The van der Waals surface area contributed by atoms with Crippen molar-refractivity contribution < 1.29 is 13.2 Å². The molecule has 148 valence electrons. The predicted octanol–water partition coefficient (Wildman–Crippen LogP) is 3.25. The van der Waals surface area contributed by atoms with E-state index in [0.717, 1.165) is 19.3 Å². The van der Waals surface area contributed by atoms with Crippen molar-refractivity contribution in [1.82, 2.24) is 9.62 Å². The highest BCUT2D eigenvalue weighted by Crippen LogP contribution is 2.26. The van der Waals surface area contributed by atoms with Gasteiger partial charge in [-0.15, -0.1) is 6.58 Å². The van der Waals surface area contributed by atoms with Crippen molar-refractivity contribution in [2.75, 3.05) is 19.6 Å². The lowest BCUT2D eigenvalue weighted by Crippen LogP contribution is -2.38. The second kappa shape index (κ2) is 9.17. The van der Waals surface area contributed by atoms with E-state index in [0.29, 0.717) is 31.1 Å². The lowest BCUT2D eigenvalue weighted by molar-refractivity contribution is 0.0958. The van der Waals surface area contributed by atoms with Gasteiger partial charge in [0.2, 0.25) is 10.0 Å². The van der Waals surface area contributed by atoms with Crippen molar-refractivity contribution in [3.8, 4) is 0 Å². The highest BCUT2D eigenvalue weighted by Gasteiger charge is 2.29. The number of nitrogens with one attached hydrogen (secondary N) is 1. The molecular formula is C22H26N2O3S. The fraction of sp³-hybridized carbons (Fsp3) is 0.318. The third-order valence-electron chi connectivity index (χ3n) is 5.10. The van der Waals surface area contributed by atoms with Gasteiger partial charge in [-0.25, -0.2) is 8.42 Å². The Kier molecular flexibility index (Phi) is 6.65. The summed E-state index contributed by atoms with van der Waals surface area (Å²) in [5.74, 6) is 0.260. The second-order valence-corrected chi connectivity index (χ2v) is 9.00. The van der Waals surface area contributed by atoms with Gasteiger partial charge in [0.1, 0.15) is 0 Å². The number of amides is 1. The Morgan fingerprint density at radius 1 is 1.07 bits per heavy atom. The molecule has 1 heterocycles. The van der Waals surface area contributed by atoms with E-state index in [1.165, 1.54) is 17.7 Å². The van der Waals surface area contributed by atoms with E-state index in [2.05, 4.69) is 24.0 Å². The van der Waals surface area contributed by atoms with Gasteiger partial charge < -0.3 is 5.32 Å². The number of benzene rings is 2. The number of hydrogen-bond donors (Lipinski definition) is 1. The van der Waals surface area contributed by atoms with Crippen LogP contribution in [0.4, 0.5) is 0 Å². The molecule has 1 saturated heterocycles. The van der Waals surface area contributed by atoms with E-state index in [1.807, 2.05) is 18.2 Å². The molecule has 2 aromatic carbocycles. The summed E-state index contributed by atoms with van der Waals surface area (Å²) in [7, 11) is -3.53. The summed E-state index contributed by atoms with van der Waals surface area (Å²) < 4.78 is 27.4. The van der Waals surface area contributed by atoms with Gasteiger partial charge in [-0.05, 0) is 55.0 Å². The quantitative estimate of drug-likeness (QED) is 0.728. The summed E-state index contributed by atoms with van der Waals surface area (Å²) in [6.07, 6.45) is 4.30. The van der Waals surface area contributed by atoms with Gasteiger partial charge >= 0.3 is 0 Å².